The molecule has 2 N–H and O–H groups in total. The van der Waals surface area contributed by atoms with Crippen molar-refractivity contribution < 1.29 is 14.6 Å². The Morgan fingerprint density at radius 1 is 1.24 bits per heavy atom. The Hall–Kier alpha value is -2.53. The van der Waals surface area contributed by atoms with Crippen molar-refractivity contribution in [3.63, 3.8) is 0 Å². The van der Waals surface area contributed by atoms with Gasteiger partial charge >= 0.3 is 6.03 Å². The number of aliphatic hydroxyl groups excluding tert-OH is 1. The van der Waals surface area contributed by atoms with Gasteiger partial charge in [-0.25, -0.2) is 4.79 Å². The number of methoxy groups -OCH3 is 1. The molecule has 0 bridgehead atoms. The van der Waals surface area contributed by atoms with Crippen molar-refractivity contribution in [2.24, 2.45) is 0 Å². The number of aryl methyl sites for hydroxylation is 2. The Morgan fingerprint density at radius 2 is 1.92 bits per heavy atom. The third kappa shape index (κ3) is 4.31. The van der Waals surface area contributed by atoms with Crippen molar-refractivity contribution in [2.75, 3.05) is 26.1 Å². The number of rotatable bonds is 6. The molecule has 0 fully saturated rings. The molecule has 2 aromatic rings. The highest BCUT2D eigenvalue weighted by Crippen LogP contribution is 2.25. The molecule has 0 aliphatic rings. The highest BCUT2D eigenvalue weighted by Gasteiger charge is 2.22. The molecule has 5 nitrogen and oxygen atoms in total. The predicted molar refractivity (Wildman–Crippen MR) is 100 cm³/mol. The number of aliphatic hydroxyl groups is 1. The van der Waals surface area contributed by atoms with Crippen molar-refractivity contribution in [3.05, 3.63) is 59.2 Å². The Kier molecular flexibility index (Phi) is 6.42. The van der Waals surface area contributed by atoms with Gasteiger partial charge in [0.15, 0.2) is 0 Å². The number of carbonyl (C=O) groups excluding carboxylic acids is 1. The van der Waals surface area contributed by atoms with Gasteiger partial charge in [0.1, 0.15) is 5.75 Å². The number of nitrogens with zero attached hydrogens (tertiary/aromatic N) is 1. The number of ether oxygens (including phenoxy) is 1. The molecule has 2 aromatic carbocycles. The monoisotopic (exact) mass is 342 g/mol. The SMILES string of the molecule is CCc1cccc(C)c1NC(=O)N(C)C(CO)c1ccc(OC)cc1. The number of hydrogen-bond donors (Lipinski definition) is 2. The van der Waals surface area contributed by atoms with Crippen LogP contribution in [0.25, 0.3) is 0 Å². The van der Waals surface area contributed by atoms with Gasteiger partial charge in [-0.2, -0.15) is 0 Å². The molecule has 5 heteroatoms. The standard InChI is InChI=1S/C20H26N2O3/c1-5-15-8-6-7-14(2)19(15)21-20(24)22(3)18(13-23)16-9-11-17(25-4)12-10-16/h6-12,18,23H,5,13H2,1-4H3,(H,21,24). The number of urea groups is 1. The molecule has 2 rings (SSSR count). The average Bonchev–Trinajstić information content (AvgIpc) is 2.64. The molecule has 0 aromatic heterocycles. The van der Waals surface area contributed by atoms with Crippen molar-refractivity contribution in [1.82, 2.24) is 4.90 Å². The minimum atomic E-state index is -0.431. The zero-order chi connectivity index (χ0) is 18.4. The van der Waals surface area contributed by atoms with E-state index in [2.05, 4.69) is 12.2 Å². The van der Waals surface area contributed by atoms with Crippen LogP contribution in [0.3, 0.4) is 0 Å². The maximum Gasteiger partial charge on any atom is 0.322 e. The third-order valence-electron chi connectivity index (χ3n) is 4.43. The molecule has 2 amide bonds. The van der Waals surface area contributed by atoms with Crippen molar-refractivity contribution in [3.8, 4) is 5.75 Å². The molecule has 0 spiro atoms. The molecule has 134 valence electrons. The molecule has 0 aliphatic heterocycles. The number of amides is 2. The van der Waals surface area contributed by atoms with Gasteiger partial charge in [0.25, 0.3) is 0 Å². The second-order valence-corrected chi connectivity index (χ2v) is 5.98. The lowest BCUT2D eigenvalue weighted by molar-refractivity contribution is 0.158. The number of likely N-dealkylation sites (N-methyl/N-ethyl adjacent to an activating group) is 1. The number of benzene rings is 2. The fourth-order valence-electron chi connectivity index (χ4n) is 2.82. The molecular weight excluding hydrogens is 316 g/mol. The topological polar surface area (TPSA) is 61.8 Å². The van der Waals surface area contributed by atoms with Crippen LogP contribution in [0.5, 0.6) is 5.75 Å². The maximum atomic E-state index is 12.7. The average molecular weight is 342 g/mol. The van der Waals surface area contributed by atoms with Gasteiger partial charge in [0.05, 0.1) is 19.8 Å². The Labute approximate surface area is 149 Å². The lowest BCUT2D eigenvalue weighted by Gasteiger charge is -2.28. The van der Waals surface area contributed by atoms with Crippen LogP contribution in [-0.2, 0) is 6.42 Å². The van der Waals surface area contributed by atoms with Gasteiger partial charge < -0.3 is 20.1 Å². The van der Waals surface area contributed by atoms with Gasteiger partial charge in [0, 0.05) is 12.7 Å². The first-order chi connectivity index (χ1) is 12.0. The van der Waals surface area contributed by atoms with Crippen LogP contribution in [0.15, 0.2) is 42.5 Å². The van der Waals surface area contributed by atoms with Crippen LogP contribution in [0.4, 0.5) is 10.5 Å². The lowest BCUT2D eigenvalue weighted by atomic mass is 10.1. The molecule has 0 radical (unpaired) electrons. The van der Waals surface area contributed by atoms with Gasteiger partial charge in [-0.05, 0) is 42.2 Å². The summed E-state index contributed by atoms with van der Waals surface area (Å²) < 4.78 is 5.15. The highest BCUT2D eigenvalue weighted by molar-refractivity contribution is 5.91. The Balaban J connectivity index is 2.19. The van der Waals surface area contributed by atoms with E-state index >= 15 is 0 Å². The van der Waals surface area contributed by atoms with E-state index in [0.717, 1.165) is 34.5 Å². The largest absolute Gasteiger partial charge is 0.497 e. The highest BCUT2D eigenvalue weighted by atomic mass is 16.5. The van der Waals surface area contributed by atoms with E-state index < -0.39 is 6.04 Å². The van der Waals surface area contributed by atoms with E-state index in [-0.39, 0.29) is 12.6 Å². The summed E-state index contributed by atoms with van der Waals surface area (Å²) in [5.74, 6) is 0.736. The summed E-state index contributed by atoms with van der Waals surface area (Å²) >= 11 is 0. The van der Waals surface area contributed by atoms with E-state index in [0.29, 0.717) is 0 Å². The number of carbonyl (C=O) groups is 1. The zero-order valence-corrected chi connectivity index (χ0v) is 15.2. The van der Waals surface area contributed by atoms with Gasteiger partial charge in [0.2, 0.25) is 0 Å². The lowest BCUT2D eigenvalue weighted by Crippen LogP contribution is -2.36. The number of para-hydroxylation sites is 1. The van der Waals surface area contributed by atoms with Gasteiger partial charge in [-0.3, -0.25) is 0 Å². The van der Waals surface area contributed by atoms with Crippen LogP contribution in [0.1, 0.15) is 29.7 Å². The second kappa shape index (κ2) is 8.53. The van der Waals surface area contributed by atoms with Crippen LogP contribution in [0.2, 0.25) is 0 Å². The Morgan fingerprint density at radius 3 is 2.48 bits per heavy atom. The minimum Gasteiger partial charge on any atom is -0.497 e. The van der Waals surface area contributed by atoms with E-state index in [1.807, 2.05) is 49.4 Å². The molecule has 0 heterocycles. The van der Waals surface area contributed by atoms with E-state index in [4.69, 9.17) is 4.74 Å². The number of anilines is 1. The fourth-order valence-corrected chi connectivity index (χ4v) is 2.82. The van der Waals surface area contributed by atoms with Crippen LogP contribution in [-0.4, -0.2) is 36.8 Å². The maximum absolute atomic E-state index is 12.7. The fraction of sp³-hybridized carbons (Fsp3) is 0.350. The van der Waals surface area contributed by atoms with Crippen molar-refractivity contribution in [2.45, 2.75) is 26.3 Å². The molecule has 1 unspecified atom stereocenters. The normalized spacial score (nSPS) is 11.7. The summed E-state index contributed by atoms with van der Waals surface area (Å²) in [5.41, 5.74) is 3.80. The Bertz CT molecular complexity index is 713. The van der Waals surface area contributed by atoms with Gasteiger partial charge in [-0.1, -0.05) is 37.3 Å². The summed E-state index contributed by atoms with van der Waals surface area (Å²) in [7, 11) is 3.29. The summed E-state index contributed by atoms with van der Waals surface area (Å²) in [5, 5.41) is 12.8. The van der Waals surface area contributed by atoms with Crippen LogP contribution < -0.4 is 10.1 Å². The smallest absolute Gasteiger partial charge is 0.322 e. The summed E-state index contributed by atoms with van der Waals surface area (Å²) in [6.45, 7) is 3.87. The molecule has 0 aliphatic carbocycles. The third-order valence-corrected chi connectivity index (χ3v) is 4.43. The molecule has 1 atom stereocenters. The summed E-state index contributed by atoms with van der Waals surface area (Å²) in [4.78, 5) is 14.2. The second-order valence-electron chi connectivity index (χ2n) is 5.98. The van der Waals surface area contributed by atoms with Crippen molar-refractivity contribution >= 4 is 11.7 Å². The quantitative estimate of drug-likeness (QED) is 0.840. The van der Waals surface area contributed by atoms with E-state index in [1.165, 1.54) is 4.90 Å². The van der Waals surface area contributed by atoms with E-state index in [9.17, 15) is 9.90 Å². The molecule has 0 saturated carbocycles. The van der Waals surface area contributed by atoms with Crippen LogP contribution >= 0.6 is 0 Å². The molecule has 25 heavy (non-hydrogen) atoms. The number of hydrogen-bond acceptors (Lipinski definition) is 3. The molecular formula is C20H26N2O3. The molecule has 0 saturated heterocycles. The summed E-state index contributed by atoms with van der Waals surface area (Å²) in [6, 6.07) is 12.6. The van der Waals surface area contributed by atoms with Gasteiger partial charge in [-0.15, -0.1) is 0 Å². The minimum absolute atomic E-state index is 0.162. The van der Waals surface area contributed by atoms with Crippen molar-refractivity contribution in [1.29, 1.82) is 0 Å². The first kappa shape index (κ1) is 18.8. The first-order valence-corrected chi connectivity index (χ1v) is 8.38. The van der Waals surface area contributed by atoms with Crippen LogP contribution in [0, 0.1) is 6.92 Å². The predicted octanol–water partition coefficient (Wildman–Crippen LogP) is 3.76. The van der Waals surface area contributed by atoms with E-state index in [1.54, 1.807) is 14.2 Å². The first-order valence-electron chi connectivity index (χ1n) is 8.38. The number of nitrogens with one attached hydrogen (secondary N) is 1. The zero-order valence-electron chi connectivity index (χ0n) is 15.2. The summed E-state index contributed by atoms with van der Waals surface area (Å²) in [6.07, 6.45) is 0.836.